The maximum Gasteiger partial charge on any atom is 0.242 e. The van der Waals surface area contributed by atoms with Gasteiger partial charge in [0.05, 0.1) is 6.61 Å². The van der Waals surface area contributed by atoms with E-state index in [0.717, 1.165) is 24.5 Å². The fraction of sp³-hybridized carbons (Fsp3) is 0.545. The van der Waals surface area contributed by atoms with Gasteiger partial charge < -0.3 is 15.8 Å². The molecule has 1 aliphatic rings. The number of nitrogens with two attached hydrogens (primary N) is 1. The summed E-state index contributed by atoms with van der Waals surface area (Å²) < 4.78 is 5.24. The first-order chi connectivity index (χ1) is 7.77. The first kappa shape index (κ1) is 11.6. The van der Waals surface area contributed by atoms with E-state index >= 15 is 0 Å². The van der Waals surface area contributed by atoms with Crippen LogP contribution in [0.25, 0.3) is 0 Å². The van der Waals surface area contributed by atoms with Gasteiger partial charge in [-0.15, -0.1) is 11.3 Å². The predicted molar refractivity (Wildman–Crippen MR) is 63.2 cm³/mol. The van der Waals surface area contributed by atoms with Gasteiger partial charge in [0.25, 0.3) is 0 Å². The van der Waals surface area contributed by atoms with Crippen LogP contribution in [0.3, 0.4) is 0 Å². The molecule has 1 aromatic heterocycles. The van der Waals surface area contributed by atoms with E-state index < -0.39 is 6.04 Å². The van der Waals surface area contributed by atoms with Gasteiger partial charge in [0.1, 0.15) is 6.04 Å². The minimum Gasteiger partial charge on any atom is -0.381 e. The summed E-state index contributed by atoms with van der Waals surface area (Å²) in [5.41, 5.74) is 5.83. The first-order valence-corrected chi connectivity index (χ1v) is 6.30. The molecule has 16 heavy (non-hydrogen) atoms. The number of ether oxygens (including phenoxy) is 1. The lowest BCUT2D eigenvalue weighted by Gasteiger charge is -2.13. The topological polar surface area (TPSA) is 64.4 Å². The molecule has 4 nitrogen and oxygen atoms in total. The van der Waals surface area contributed by atoms with Gasteiger partial charge in [0.2, 0.25) is 5.91 Å². The zero-order chi connectivity index (χ0) is 11.4. The van der Waals surface area contributed by atoms with E-state index in [9.17, 15) is 4.79 Å². The molecule has 2 rings (SSSR count). The number of hydrogen-bond acceptors (Lipinski definition) is 4. The van der Waals surface area contributed by atoms with Crippen LogP contribution in [0.15, 0.2) is 17.5 Å². The SMILES string of the molecule is NC(C(=O)NCC1CCOC1)c1cccs1. The van der Waals surface area contributed by atoms with Gasteiger partial charge in [0, 0.05) is 23.9 Å². The highest BCUT2D eigenvalue weighted by molar-refractivity contribution is 7.10. The molecule has 0 aliphatic carbocycles. The Bertz CT molecular complexity index is 334. The third-order valence-electron chi connectivity index (χ3n) is 2.72. The average molecular weight is 240 g/mol. The Morgan fingerprint density at radius 1 is 1.75 bits per heavy atom. The van der Waals surface area contributed by atoms with E-state index in [2.05, 4.69) is 5.32 Å². The molecular formula is C11H16N2O2S. The van der Waals surface area contributed by atoms with Crippen LogP contribution in [-0.2, 0) is 9.53 Å². The van der Waals surface area contributed by atoms with Gasteiger partial charge in [-0.25, -0.2) is 0 Å². The summed E-state index contributed by atoms with van der Waals surface area (Å²) in [4.78, 5) is 12.6. The lowest BCUT2D eigenvalue weighted by atomic mass is 10.1. The van der Waals surface area contributed by atoms with Crippen LogP contribution >= 0.6 is 11.3 Å². The van der Waals surface area contributed by atoms with Crippen molar-refractivity contribution in [3.05, 3.63) is 22.4 Å². The highest BCUT2D eigenvalue weighted by Crippen LogP contribution is 2.17. The molecule has 2 unspecified atom stereocenters. The molecule has 0 bridgehead atoms. The second kappa shape index (κ2) is 5.43. The summed E-state index contributed by atoms with van der Waals surface area (Å²) in [7, 11) is 0. The van der Waals surface area contributed by atoms with Crippen molar-refractivity contribution < 1.29 is 9.53 Å². The number of carbonyl (C=O) groups is 1. The minimum absolute atomic E-state index is 0.102. The van der Waals surface area contributed by atoms with Crippen LogP contribution in [-0.4, -0.2) is 25.7 Å². The van der Waals surface area contributed by atoms with Crippen molar-refractivity contribution >= 4 is 17.2 Å². The van der Waals surface area contributed by atoms with E-state index in [4.69, 9.17) is 10.5 Å². The van der Waals surface area contributed by atoms with Crippen LogP contribution < -0.4 is 11.1 Å². The number of amides is 1. The van der Waals surface area contributed by atoms with Crippen LogP contribution in [0.2, 0.25) is 0 Å². The molecule has 0 saturated carbocycles. The Hall–Kier alpha value is -0.910. The van der Waals surface area contributed by atoms with Crippen molar-refractivity contribution in [2.75, 3.05) is 19.8 Å². The molecule has 2 heterocycles. The molecule has 0 radical (unpaired) electrons. The number of carbonyl (C=O) groups excluding carboxylic acids is 1. The van der Waals surface area contributed by atoms with E-state index in [-0.39, 0.29) is 5.91 Å². The van der Waals surface area contributed by atoms with Crippen molar-refractivity contribution in [2.24, 2.45) is 11.7 Å². The van der Waals surface area contributed by atoms with E-state index in [1.54, 1.807) is 0 Å². The molecule has 1 amide bonds. The fourth-order valence-electron chi connectivity index (χ4n) is 1.70. The zero-order valence-electron chi connectivity index (χ0n) is 9.02. The molecule has 88 valence electrons. The van der Waals surface area contributed by atoms with Crippen LogP contribution in [0.4, 0.5) is 0 Å². The van der Waals surface area contributed by atoms with Crippen molar-refractivity contribution in [1.29, 1.82) is 0 Å². The van der Waals surface area contributed by atoms with Crippen molar-refractivity contribution in [1.82, 2.24) is 5.32 Å². The molecule has 1 aliphatic heterocycles. The lowest BCUT2D eigenvalue weighted by Crippen LogP contribution is -2.36. The third-order valence-corrected chi connectivity index (χ3v) is 3.68. The predicted octanol–water partition coefficient (Wildman–Crippen LogP) is 0.901. The highest BCUT2D eigenvalue weighted by Gasteiger charge is 2.20. The maximum atomic E-state index is 11.7. The molecule has 1 fully saturated rings. The van der Waals surface area contributed by atoms with Gasteiger partial charge in [0.15, 0.2) is 0 Å². The second-order valence-electron chi connectivity index (χ2n) is 3.97. The molecule has 5 heteroatoms. The van der Waals surface area contributed by atoms with E-state index in [1.807, 2.05) is 17.5 Å². The molecule has 0 aromatic carbocycles. The Labute approximate surface area is 98.8 Å². The molecule has 1 aromatic rings. The summed E-state index contributed by atoms with van der Waals surface area (Å²) in [6.07, 6.45) is 1.02. The van der Waals surface area contributed by atoms with Gasteiger partial charge in [-0.05, 0) is 17.9 Å². The van der Waals surface area contributed by atoms with Crippen LogP contribution in [0.1, 0.15) is 17.3 Å². The van der Waals surface area contributed by atoms with Gasteiger partial charge in [-0.3, -0.25) is 4.79 Å². The molecule has 3 N–H and O–H groups in total. The smallest absolute Gasteiger partial charge is 0.242 e. The summed E-state index contributed by atoms with van der Waals surface area (Å²) in [5, 5.41) is 4.80. The van der Waals surface area contributed by atoms with Gasteiger partial charge in [-0.1, -0.05) is 6.07 Å². The maximum absolute atomic E-state index is 11.7. The third kappa shape index (κ3) is 2.81. The van der Waals surface area contributed by atoms with Crippen molar-refractivity contribution in [2.45, 2.75) is 12.5 Å². The Morgan fingerprint density at radius 3 is 3.25 bits per heavy atom. The number of nitrogens with one attached hydrogen (secondary N) is 1. The number of hydrogen-bond donors (Lipinski definition) is 2. The second-order valence-corrected chi connectivity index (χ2v) is 4.95. The Balaban J connectivity index is 1.79. The van der Waals surface area contributed by atoms with Crippen molar-refractivity contribution in [3.8, 4) is 0 Å². The van der Waals surface area contributed by atoms with E-state index in [1.165, 1.54) is 11.3 Å². The largest absolute Gasteiger partial charge is 0.381 e. The van der Waals surface area contributed by atoms with Crippen molar-refractivity contribution in [3.63, 3.8) is 0 Å². The van der Waals surface area contributed by atoms with Crippen LogP contribution in [0, 0.1) is 5.92 Å². The molecule has 0 spiro atoms. The van der Waals surface area contributed by atoms with E-state index in [0.29, 0.717) is 12.5 Å². The average Bonchev–Trinajstić information content (AvgIpc) is 2.96. The minimum atomic E-state index is -0.540. The molecule has 1 saturated heterocycles. The summed E-state index contributed by atoms with van der Waals surface area (Å²) >= 11 is 1.51. The Kier molecular flexibility index (Phi) is 3.93. The monoisotopic (exact) mass is 240 g/mol. The fourth-order valence-corrected chi connectivity index (χ4v) is 2.42. The number of thiophene rings is 1. The molecule has 2 atom stereocenters. The molecular weight excluding hydrogens is 224 g/mol. The summed E-state index contributed by atoms with van der Waals surface area (Å²) in [5.74, 6) is 0.342. The number of rotatable bonds is 4. The zero-order valence-corrected chi connectivity index (χ0v) is 9.83. The summed E-state index contributed by atoms with van der Waals surface area (Å²) in [6.45, 7) is 2.21. The van der Waals surface area contributed by atoms with Crippen LogP contribution in [0.5, 0.6) is 0 Å². The quantitative estimate of drug-likeness (QED) is 0.822. The lowest BCUT2D eigenvalue weighted by molar-refractivity contribution is -0.122. The highest BCUT2D eigenvalue weighted by atomic mass is 32.1. The standard InChI is InChI=1S/C11H16N2O2S/c12-10(9-2-1-5-16-9)11(14)13-6-8-3-4-15-7-8/h1-2,5,8,10H,3-4,6-7,12H2,(H,13,14). The van der Waals surface area contributed by atoms with Gasteiger partial charge in [-0.2, -0.15) is 0 Å². The normalized spacial score (nSPS) is 21.9. The summed E-state index contributed by atoms with van der Waals surface area (Å²) in [6, 6.07) is 3.24. The van der Waals surface area contributed by atoms with Gasteiger partial charge >= 0.3 is 0 Å². The first-order valence-electron chi connectivity index (χ1n) is 5.42. The Morgan fingerprint density at radius 2 is 2.62 bits per heavy atom.